The first-order valence-electron chi connectivity index (χ1n) is 7.09. The molecule has 1 amide bonds. The molecule has 118 valence electrons. The van der Waals surface area contributed by atoms with Crippen molar-refractivity contribution >= 4 is 17.8 Å². The van der Waals surface area contributed by atoms with Crippen LogP contribution in [0.1, 0.15) is 33.3 Å². The molecule has 4 nitrogen and oxygen atoms in total. The summed E-state index contributed by atoms with van der Waals surface area (Å²) in [4.78, 5) is 23.8. The van der Waals surface area contributed by atoms with Gasteiger partial charge >= 0.3 is 0 Å². The van der Waals surface area contributed by atoms with Gasteiger partial charge in [-0.25, -0.2) is 0 Å². The molecule has 22 heavy (non-hydrogen) atoms. The molecule has 0 aromatic heterocycles. The molecule has 0 aliphatic carbocycles. The zero-order valence-electron chi connectivity index (χ0n) is 13.8. The molecule has 1 aromatic carbocycles. The van der Waals surface area contributed by atoms with Gasteiger partial charge in [-0.15, -0.1) is 0 Å². The maximum Gasteiger partial charge on any atom is 0.248 e. The summed E-state index contributed by atoms with van der Waals surface area (Å²) < 4.78 is 5.16. The molecule has 4 heteroatoms. The van der Waals surface area contributed by atoms with E-state index >= 15 is 0 Å². The summed E-state index contributed by atoms with van der Waals surface area (Å²) in [5.41, 5.74) is 0.982. The minimum absolute atomic E-state index is 0.175. The number of Topliss-reactive ketones (excluding diaryl/α,β-unsaturated/α-hetero) is 1. The highest BCUT2D eigenvalue weighted by Gasteiger charge is 2.25. The average Bonchev–Trinajstić information content (AvgIpc) is 2.44. The van der Waals surface area contributed by atoms with Crippen molar-refractivity contribution in [3.05, 3.63) is 53.4 Å². The zero-order chi connectivity index (χ0) is 16.8. The maximum absolute atomic E-state index is 12.1. The molecule has 0 unspecified atom stereocenters. The van der Waals surface area contributed by atoms with Crippen molar-refractivity contribution in [1.29, 1.82) is 0 Å². The number of hydrogen-bond donors (Lipinski definition) is 1. The van der Waals surface area contributed by atoms with Crippen LogP contribution in [0.2, 0.25) is 0 Å². The van der Waals surface area contributed by atoms with Crippen LogP contribution in [-0.4, -0.2) is 18.8 Å². The Labute approximate surface area is 131 Å². The van der Waals surface area contributed by atoms with Gasteiger partial charge in [-0.3, -0.25) is 9.59 Å². The molecule has 0 bridgehead atoms. The van der Waals surface area contributed by atoms with E-state index < -0.39 is 5.41 Å². The fourth-order valence-corrected chi connectivity index (χ4v) is 1.91. The molecule has 0 aliphatic rings. The van der Waals surface area contributed by atoms with E-state index in [9.17, 15) is 9.59 Å². The van der Waals surface area contributed by atoms with Crippen molar-refractivity contribution in [1.82, 2.24) is 5.32 Å². The van der Waals surface area contributed by atoms with E-state index in [-0.39, 0.29) is 17.4 Å². The highest BCUT2D eigenvalue weighted by atomic mass is 16.5. The average molecular weight is 301 g/mol. The first-order chi connectivity index (χ1) is 10.3. The Morgan fingerprint density at radius 3 is 2.18 bits per heavy atom. The number of carbonyl (C=O) groups excluding carboxylic acids is 2. The molecule has 0 heterocycles. The van der Waals surface area contributed by atoms with Gasteiger partial charge in [-0.1, -0.05) is 51.1 Å². The zero-order valence-corrected chi connectivity index (χ0v) is 13.8. The van der Waals surface area contributed by atoms with E-state index in [0.717, 1.165) is 5.56 Å². The molecule has 1 N–H and O–H groups in total. The van der Waals surface area contributed by atoms with Crippen LogP contribution < -0.4 is 5.32 Å². The van der Waals surface area contributed by atoms with Crippen LogP contribution in [0.5, 0.6) is 0 Å². The molecule has 0 aliphatic heterocycles. The second kappa shape index (κ2) is 7.59. The lowest BCUT2D eigenvalue weighted by molar-refractivity contribution is -0.117. The molecule has 1 rings (SSSR count). The first-order valence-corrected chi connectivity index (χ1v) is 7.09. The van der Waals surface area contributed by atoms with Crippen LogP contribution in [0.25, 0.3) is 6.08 Å². The Morgan fingerprint density at radius 1 is 1.14 bits per heavy atom. The molecular weight excluding hydrogens is 278 g/mol. The number of rotatable bonds is 5. The van der Waals surface area contributed by atoms with Crippen LogP contribution >= 0.6 is 0 Å². The topological polar surface area (TPSA) is 55.4 Å². The summed E-state index contributed by atoms with van der Waals surface area (Å²) in [5, 5.41) is 2.77. The fourth-order valence-electron chi connectivity index (χ4n) is 1.91. The number of allylic oxidation sites excluding steroid dienone is 2. The van der Waals surface area contributed by atoms with Gasteiger partial charge in [0.05, 0.1) is 12.8 Å². The molecule has 1 aromatic rings. The number of methoxy groups -OCH3 is 1. The Hall–Kier alpha value is -2.36. The van der Waals surface area contributed by atoms with Gasteiger partial charge in [0.2, 0.25) is 5.91 Å². The third kappa shape index (κ3) is 5.20. The monoisotopic (exact) mass is 301 g/mol. The minimum Gasteiger partial charge on any atom is -0.491 e. The number of ketones is 1. The van der Waals surface area contributed by atoms with Crippen LogP contribution in [0.15, 0.2) is 47.9 Å². The van der Waals surface area contributed by atoms with Crippen molar-refractivity contribution in [2.75, 3.05) is 7.11 Å². The molecule has 0 atom stereocenters. The predicted molar refractivity (Wildman–Crippen MR) is 87.8 cm³/mol. The molecule has 0 fully saturated rings. The van der Waals surface area contributed by atoms with Crippen LogP contribution in [0.4, 0.5) is 0 Å². The van der Waals surface area contributed by atoms with Crippen molar-refractivity contribution in [3.8, 4) is 0 Å². The lowest BCUT2D eigenvalue weighted by Gasteiger charge is -2.25. The van der Waals surface area contributed by atoms with Gasteiger partial charge in [0.1, 0.15) is 0 Å². The highest BCUT2D eigenvalue weighted by molar-refractivity contribution is 5.96. The lowest BCUT2D eigenvalue weighted by Crippen LogP contribution is -2.32. The van der Waals surface area contributed by atoms with Crippen molar-refractivity contribution in [3.63, 3.8) is 0 Å². The van der Waals surface area contributed by atoms with Crippen LogP contribution in [-0.2, 0) is 14.3 Å². The van der Waals surface area contributed by atoms with E-state index in [4.69, 9.17) is 4.74 Å². The smallest absolute Gasteiger partial charge is 0.248 e. The van der Waals surface area contributed by atoms with E-state index in [1.165, 1.54) is 20.1 Å². The standard InChI is InChI=1S/C18H23NO3/c1-13(20)16(22-5)17(18(2,3)4)19-15(21)12-11-14-9-7-6-8-10-14/h6-12H,1-5H3,(H,19,21)/b12-11+,17-16-. The fraction of sp³-hybridized carbons (Fsp3) is 0.333. The van der Waals surface area contributed by atoms with Crippen molar-refractivity contribution in [2.45, 2.75) is 27.7 Å². The second-order valence-electron chi connectivity index (χ2n) is 5.95. The summed E-state index contributed by atoms with van der Waals surface area (Å²) in [5.74, 6) is -0.349. The summed E-state index contributed by atoms with van der Waals surface area (Å²) in [6.07, 6.45) is 3.16. The Balaban J connectivity index is 2.99. The van der Waals surface area contributed by atoms with Gasteiger partial charge < -0.3 is 10.1 Å². The van der Waals surface area contributed by atoms with Crippen molar-refractivity contribution < 1.29 is 14.3 Å². The first kappa shape index (κ1) is 17.7. The van der Waals surface area contributed by atoms with Gasteiger partial charge in [0.25, 0.3) is 0 Å². The summed E-state index contributed by atoms with van der Waals surface area (Å²) in [7, 11) is 1.43. The van der Waals surface area contributed by atoms with Crippen LogP contribution in [0.3, 0.4) is 0 Å². The van der Waals surface area contributed by atoms with E-state index in [0.29, 0.717) is 5.70 Å². The summed E-state index contributed by atoms with van der Waals surface area (Å²) >= 11 is 0. The minimum atomic E-state index is -0.423. The number of carbonyl (C=O) groups is 2. The summed E-state index contributed by atoms with van der Waals surface area (Å²) in [6.45, 7) is 7.14. The SMILES string of the molecule is CO/C(C(C)=O)=C(\NC(=O)/C=C/c1ccccc1)C(C)(C)C. The van der Waals surface area contributed by atoms with E-state index in [2.05, 4.69) is 5.32 Å². The number of amides is 1. The van der Waals surface area contributed by atoms with Gasteiger partial charge in [0.15, 0.2) is 11.5 Å². The third-order valence-electron chi connectivity index (χ3n) is 2.98. The molecule has 0 radical (unpaired) electrons. The molecule has 0 saturated carbocycles. The maximum atomic E-state index is 12.1. The van der Waals surface area contributed by atoms with E-state index in [1.807, 2.05) is 51.1 Å². The molecule has 0 saturated heterocycles. The second-order valence-corrected chi connectivity index (χ2v) is 5.95. The Bertz CT molecular complexity index is 593. The lowest BCUT2D eigenvalue weighted by atomic mass is 9.90. The van der Waals surface area contributed by atoms with Gasteiger partial charge in [-0.2, -0.15) is 0 Å². The quantitative estimate of drug-likeness (QED) is 0.670. The number of benzene rings is 1. The van der Waals surface area contributed by atoms with Crippen molar-refractivity contribution in [2.24, 2.45) is 5.41 Å². The number of ether oxygens (including phenoxy) is 1. The summed E-state index contributed by atoms with van der Waals surface area (Å²) in [6, 6.07) is 9.52. The molecule has 0 spiro atoms. The number of hydrogen-bond acceptors (Lipinski definition) is 3. The van der Waals surface area contributed by atoms with Crippen LogP contribution in [0, 0.1) is 5.41 Å². The molecular formula is C18H23NO3. The predicted octanol–water partition coefficient (Wildman–Crippen LogP) is 3.31. The number of nitrogens with one attached hydrogen (secondary N) is 1. The largest absolute Gasteiger partial charge is 0.491 e. The van der Waals surface area contributed by atoms with E-state index in [1.54, 1.807) is 6.08 Å². The third-order valence-corrected chi connectivity index (χ3v) is 2.98. The normalized spacial score (nSPS) is 12.8. The Kier molecular flexibility index (Phi) is 6.11. The van der Waals surface area contributed by atoms with Gasteiger partial charge in [-0.05, 0) is 11.6 Å². The van der Waals surface area contributed by atoms with Gasteiger partial charge in [0, 0.05) is 18.4 Å². The Morgan fingerprint density at radius 2 is 1.73 bits per heavy atom. The highest BCUT2D eigenvalue weighted by Crippen LogP contribution is 2.26.